The second-order valence-electron chi connectivity index (χ2n) is 6.14. The van der Waals surface area contributed by atoms with Crippen LogP contribution in [0.15, 0.2) is 24.3 Å². The number of carbonyl (C=O) groups is 3. The third-order valence-corrected chi connectivity index (χ3v) is 4.32. The first kappa shape index (κ1) is 20.4. The summed E-state index contributed by atoms with van der Waals surface area (Å²) in [5.41, 5.74) is 6.29. The van der Waals surface area contributed by atoms with Crippen molar-refractivity contribution in [2.24, 2.45) is 5.73 Å². The van der Waals surface area contributed by atoms with Crippen molar-refractivity contribution in [2.75, 3.05) is 33.4 Å². The van der Waals surface area contributed by atoms with E-state index >= 15 is 0 Å². The van der Waals surface area contributed by atoms with Crippen molar-refractivity contribution in [3.63, 3.8) is 0 Å². The molecule has 1 aliphatic heterocycles. The Bertz CT molecular complexity index is 696. The Morgan fingerprint density at radius 1 is 1.19 bits per heavy atom. The number of likely N-dealkylation sites (tertiary alicyclic amines) is 1. The Labute approximate surface area is 157 Å². The number of esters is 1. The van der Waals surface area contributed by atoms with E-state index in [0.29, 0.717) is 37.1 Å². The summed E-state index contributed by atoms with van der Waals surface area (Å²) in [6, 6.07) is 6.28. The van der Waals surface area contributed by atoms with Crippen LogP contribution in [0, 0.1) is 5.41 Å². The molecule has 1 saturated heterocycles. The van der Waals surface area contributed by atoms with E-state index in [-0.39, 0.29) is 36.9 Å². The molecule has 0 radical (unpaired) electrons. The van der Waals surface area contributed by atoms with Crippen molar-refractivity contribution in [3.05, 3.63) is 35.4 Å². The van der Waals surface area contributed by atoms with E-state index in [4.69, 9.17) is 15.9 Å². The van der Waals surface area contributed by atoms with E-state index in [9.17, 15) is 14.4 Å². The largest absolute Gasteiger partial charge is 0.467 e. The molecule has 0 saturated carbocycles. The van der Waals surface area contributed by atoms with Crippen LogP contribution in [-0.4, -0.2) is 68.0 Å². The van der Waals surface area contributed by atoms with E-state index in [2.05, 4.69) is 10.1 Å². The number of ether oxygens (including phenoxy) is 2. The first-order valence-corrected chi connectivity index (χ1v) is 8.59. The first-order valence-electron chi connectivity index (χ1n) is 8.59. The quantitative estimate of drug-likeness (QED) is 0.345. The smallest absolute Gasteiger partial charge is 0.331 e. The number of nitrogens with two attached hydrogens (primary N) is 1. The molecule has 27 heavy (non-hydrogen) atoms. The minimum atomic E-state index is -0.424. The lowest BCUT2D eigenvalue weighted by molar-refractivity contribution is -0.150. The summed E-state index contributed by atoms with van der Waals surface area (Å²) in [6.45, 7) is 0.830. The standard InChI is InChI=1S/C18H24N4O5/c1-26-16(24)11-27-14-6-8-22(9-7-14)15(23)10-21-18(25)13-4-2-12(3-5-13)17(19)20/h2-5,14H,6-11H2,1H3,(H3,19,20)(H,21,25). The average molecular weight is 376 g/mol. The molecule has 4 N–H and O–H groups in total. The summed E-state index contributed by atoms with van der Waals surface area (Å²) in [4.78, 5) is 37.1. The Balaban J connectivity index is 1.73. The highest BCUT2D eigenvalue weighted by molar-refractivity contribution is 5.99. The SMILES string of the molecule is COC(=O)COC1CCN(C(=O)CNC(=O)c2ccc(C(=N)N)cc2)CC1. The summed E-state index contributed by atoms with van der Waals surface area (Å²) in [6.07, 6.45) is 1.18. The van der Waals surface area contributed by atoms with E-state index in [1.807, 2.05) is 0 Å². The number of nitrogen functional groups attached to an aromatic ring is 1. The maximum atomic E-state index is 12.2. The molecule has 2 rings (SSSR count). The van der Waals surface area contributed by atoms with Gasteiger partial charge in [-0.3, -0.25) is 15.0 Å². The lowest BCUT2D eigenvalue weighted by Crippen LogP contribution is -2.45. The maximum absolute atomic E-state index is 12.2. The van der Waals surface area contributed by atoms with Crippen LogP contribution in [0.2, 0.25) is 0 Å². The summed E-state index contributed by atoms with van der Waals surface area (Å²) in [5, 5.41) is 9.93. The molecule has 1 aliphatic rings. The number of benzene rings is 1. The zero-order valence-electron chi connectivity index (χ0n) is 15.2. The highest BCUT2D eigenvalue weighted by Crippen LogP contribution is 2.14. The van der Waals surface area contributed by atoms with Crippen molar-refractivity contribution >= 4 is 23.6 Å². The van der Waals surface area contributed by atoms with Gasteiger partial charge in [0, 0.05) is 24.2 Å². The monoisotopic (exact) mass is 376 g/mol. The molecule has 1 fully saturated rings. The average Bonchev–Trinajstić information content (AvgIpc) is 2.70. The molecule has 1 aromatic carbocycles. The van der Waals surface area contributed by atoms with Gasteiger partial charge in [0.1, 0.15) is 12.4 Å². The summed E-state index contributed by atoms with van der Waals surface area (Å²) >= 11 is 0. The Kier molecular flexibility index (Phi) is 7.30. The van der Waals surface area contributed by atoms with Gasteiger partial charge < -0.3 is 25.4 Å². The molecule has 9 nitrogen and oxygen atoms in total. The van der Waals surface area contributed by atoms with Crippen molar-refractivity contribution in [3.8, 4) is 0 Å². The minimum Gasteiger partial charge on any atom is -0.467 e. The highest BCUT2D eigenvalue weighted by Gasteiger charge is 2.24. The minimum absolute atomic E-state index is 0.0731. The summed E-state index contributed by atoms with van der Waals surface area (Å²) in [5.74, 6) is -1.03. The zero-order valence-corrected chi connectivity index (χ0v) is 15.2. The number of amides is 2. The van der Waals surface area contributed by atoms with Crippen LogP contribution in [0.5, 0.6) is 0 Å². The molecular formula is C18H24N4O5. The van der Waals surface area contributed by atoms with E-state index in [1.54, 1.807) is 29.2 Å². The van der Waals surface area contributed by atoms with E-state index < -0.39 is 5.97 Å². The molecular weight excluding hydrogens is 352 g/mol. The molecule has 146 valence electrons. The second-order valence-corrected chi connectivity index (χ2v) is 6.14. The lowest BCUT2D eigenvalue weighted by atomic mass is 10.1. The third kappa shape index (κ3) is 6.07. The predicted molar refractivity (Wildman–Crippen MR) is 97.4 cm³/mol. The number of rotatable bonds is 7. The van der Waals surface area contributed by atoms with E-state index in [1.165, 1.54) is 7.11 Å². The fourth-order valence-corrected chi connectivity index (χ4v) is 2.69. The number of hydrogen-bond donors (Lipinski definition) is 3. The van der Waals surface area contributed by atoms with E-state index in [0.717, 1.165) is 0 Å². The molecule has 9 heteroatoms. The van der Waals surface area contributed by atoms with Gasteiger partial charge in [0.15, 0.2) is 0 Å². The van der Waals surface area contributed by atoms with Crippen LogP contribution in [0.4, 0.5) is 0 Å². The summed E-state index contributed by atoms with van der Waals surface area (Å²) in [7, 11) is 1.30. The van der Waals surface area contributed by atoms with Crippen LogP contribution < -0.4 is 11.1 Å². The van der Waals surface area contributed by atoms with Crippen molar-refractivity contribution in [2.45, 2.75) is 18.9 Å². The first-order chi connectivity index (χ1) is 12.9. The number of nitrogens with zero attached hydrogens (tertiary/aromatic N) is 1. The third-order valence-electron chi connectivity index (χ3n) is 4.32. The molecule has 0 atom stereocenters. The number of carbonyl (C=O) groups excluding carboxylic acids is 3. The van der Waals surface area contributed by atoms with Gasteiger partial charge in [0.25, 0.3) is 5.91 Å². The zero-order chi connectivity index (χ0) is 19.8. The van der Waals surface area contributed by atoms with Crippen LogP contribution in [0.3, 0.4) is 0 Å². The van der Waals surface area contributed by atoms with Gasteiger partial charge in [0.05, 0.1) is 19.8 Å². The van der Waals surface area contributed by atoms with Crippen LogP contribution >= 0.6 is 0 Å². The fourth-order valence-electron chi connectivity index (χ4n) is 2.69. The van der Waals surface area contributed by atoms with Gasteiger partial charge in [0.2, 0.25) is 5.91 Å². The molecule has 1 aromatic rings. The number of methoxy groups -OCH3 is 1. The van der Waals surface area contributed by atoms with Gasteiger partial charge in [-0.1, -0.05) is 12.1 Å². The number of nitrogens with one attached hydrogen (secondary N) is 2. The topological polar surface area (TPSA) is 135 Å². The second kappa shape index (κ2) is 9.67. The van der Waals surface area contributed by atoms with Gasteiger partial charge in [-0.2, -0.15) is 0 Å². The Morgan fingerprint density at radius 2 is 1.78 bits per heavy atom. The van der Waals surface area contributed by atoms with Crippen molar-refractivity contribution in [1.82, 2.24) is 10.2 Å². The van der Waals surface area contributed by atoms with Crippen molar-refractivity contribution < 1.29 is 23.9 Å². The fraction of sp³-hybridized carbons (Fsp3) is 0.444. The Morgan fingerprint density at radius 3 is 2.33 bits per heavy atom. The predicted octanol–water partition coefficient (Wildman–Crippen LogP) is -0.119. The van der Waals surface area contributed by atoms with Crippen LogP contribution in [-0.2, 0) is 19.1 Å². The van der Waals surface area contributed by atoms with Crippen LogP contribution in [0.1, 0.15) is 28.8 Å². The molecule has 0 unspecified atom stereocenters. The molecule has 2 amide bonds. The molecule has 0 aliphatic carbocycles. The van der Waals surface area contributed by atoms with Gasteiger partial charge in [-0.05, 0) is 25.0 Å². The molecule has 1 heterocycles. The Hall–Kier alpha value is -2.94. The number of piperidine rings is 1. The summed E-state index contributed by atoms with van der Waals surface area (Å²) < 4.78 is 9.96. The molecule has 0 bridgehead atoms. The molecule has 0 spiro atoms. The number of hydrogen-bond acceptors (Lipinski definition) is 6. The molecule has 0 aromatic heterocycles. The highest BCUT2D eigenvalue weighted by atomic mass is 16.6. The van der Waals surface area contributed by atoms with Crippen LogP contribution in [0.25, 0.3) is 0 Å². The maximum Gasteiger partial charge on any atom is 0.331 e. The van der Waals surface area contributed by atoms with Gasteiger partial charge >= 0.3 is 5.97 Å². The van der Waals surface area contributed by atoms with Gasteiger partial charge in [-0.25, -0.2) is 4.79 Å². The van der Waals surface area contributed by atoms with Crippen molar-refractivity contribution in [1.29, 1.82) is 5.41 Å². The number of amidine groups is 1. The normalized spacial score (nSPS) is 14.5. The lowest BCUT2D eigenvalue weighted by Gasteiger charge is -2.31. The van der Waals surface area contributed by atoms with Gasteiger partial charge in [-0.15, -0.1) is 0 Å².